The molecule has 0 aliphatic carbocycles. The van der Waals surface area contributed by atoms with E-state index in [4.69, 9.17) is 4.74 Å². The number of Topliss-reactive ketones (excluding diaryl/α,β-unsaturated/α-hetero) is 1. The van der Waals surface area contributed by atoms with Gasteiger partial charge in [0.1, 0.15) is 5.76 Å². The maximum Gasteiger partial charge on any atom is 0.296 e. The van der Waals surface area contributed by atoms with E-state index >= 15 is 0 Å². The van der Waals surface area contributed by atoms with Crippen molar-refractivity contribution in [1.82, 2.24) is 9.21 Å². The van der Waals surface area contributed by atoms with Crippen molar-refractivity contribution in [1.29, 1.82) is 0 Å². The van der Waals surface area contributed by atoms with E-state index in [2.05, 4.69) is 0 Å². The number of anilines is 1. The van der Waals surface area contributed by atoms with Gasteiger partial charge in [0.2, 0.25) is 10.0 Å². The molecule has 0 aromatic heterocycles. The highest BCUT2D eigenvalue weighted by atomic mass is 32.2. The average Bonchev–Trinajstić information content (AvgIpc) is 3.22. The Labute approximate surface area is 209 Å². The summed E-state index contributed by atoms with van der Waals surface area (Å²) in [7, 11) is 1.93. The van der Waals surface area contributed by atoms with E-state index in [9.17, 15) is 27.9 Å². The van der Waals surface area contributed by atoms with Crippen LogP contribution in [0.3, 0.4) is 0 Å². The summed E-state index contributed by atoms with van der Waals surface area (Å²) in [5, 5.41) is 11.5. The van der Waals surface area contributed by atoms with Crippen LogP contribution in [0.15, 0.2) is 59.0 Å². The zero-order chi connectivity index (χ0) is 26.4. The van der Waals surface area contributed by atoms with Crippen molar-refractivity contribution < 1.29 is 32.6 Å². The number of benzene rings is 2. The minimum atomic E-state index is -3.85. The van der Waals surface area contributed by atoms with Gasteiger partial charge in [-0.25, -0.2) is 12.7 Å². The zero-order valence-corrected chi connectivity index (χ0v) is 21.2. The lowest BCUT2D eigenvalue weighted by Crippen LogP contribution is -2.51. The van der Waals surface area contributed by atoms with Crippen molar-refractivity contribution in [2.45, 2.75) is 16.9 Å². The van der Waals surface area contributed by atoms with E-state index in [1.54, 1.807) is 24.3 Å². The van der Waals surface area contributed by atoms with E-state index in [-0.39, 0.29) is 23.6 Å². The number of likely N-dealkylation sites (tertiary alicyclic amines) is 1. The number of para-hydroxylation sites is 1. The number of hydrogen-bond acceptors (Lipinski definition) is 7. The van der Waals surface area contributed by atoms with Gasteiger partial charge in [0.05, 0.1) is 10.5 Å². The number of fused-ring (bicyclic) bond motifs is 2. The number of sulfonamides is 1. The highest BCUT2D eigenvalue weighted by Crippen LogP contribution is 2.53. The summed E-state index contributed by atoms with van der Waals surface area (Å²) in [6, 6.07) is 12.2. The highest BCUT2D eigenvalue weighted by Gasteiger charge is 2.66. The molecule has 4 rings (SSSR count). The maximum absolute atomic E-state index is 13.9. The molecule has 0 saturated carbocycles. The smallest absolute Gasteiger partial charge is 0.296 e. The van der Waals surface area contributed by atoms with Gasteiger partial charge in [-0.3, -0.25) is 14.4 Å². The largest absolute Gasteiger partial charge is 0.507 e. The number of carbonyl (C=O) groups is 3. The Hall–Kier alpha value is -3.54. The lowest BCUT2D eigenvalue weighted by Gasteiger charge is -2.34. The van der Waals surface area contributed by atoms with Gasteiger partial charge < -0.3 is 19.6 Å². The summed E-state index contributed by atoms with van der Waals surface area (Å²) >= 11 is 0. The van der Waals surface area contributed by atoms with E-state index in [1.807, 2.05) is 0 Å². The van der Waals surface area contributed by atoms with Gasteiger partial charge in [-0.05, 0) is 24.6 Å². The monoisotopic (exact) mass is 513 g/mol. The lowest BCUT2D eigenvalue weighted by molar-refractivity contribution is -0.143. The number of hydrogen-bond donors (Lipinski definition) is 1. The molecule has 1 fully saturated rings. The molecule has 10 nitrogen and oxygen atoms in total. The van der Waals surface area contributed by atoms with Gasteiger partial charge in [-0.15, -0.1) is 0 Å². The molecule has 1 unspecified atom stereocenters. The summed E-state index contributed by atoms with van der Waals surface area (Å²) in [5.74, 6) is -3.15. The van der Waals surface area contributed by atoms with Gasteiger partial charge in [0, 0.05) is 58.2 Å². The molecule has 2 amide bonds. The Balaban J connectivity index is 2.01. The fourth-order valence-electron chi connectivity index (χ4n) is 4.80. The van der Waals surface area contributed by atoms with Gasteiger partial charge in [0.25, 0.3) is 17.6 Å². The molecule has 36 heavy (non-hydrogen) atoms. The zero-order valence-electron chi connectivity index (χ0n) is 20.4. The molecule has 0 bridgehead atoms. The van der Waals surface area contributed by atoms with Crippen molar-refractivity contribution in [2.24, 2.45) is 0 Å². The van der Waals surface area contributed by atoms with Crippen LogP contribution in [0.5, 0.6) is 0 Å². The quantitative estimate of drug-likeness (QED) is 0.258. The third-order valence-electron chi connectivity index (χ3n) is 6.56. The minimum Gasteiger partial charge on any atom is -0.507 e. The van der Waals surface area contributed by atoms with Crippen LogP contribution in [0, 0.1) is 0 Å². The molecule has 1 spiro atoms. The summed E-state index contributed by atoms with van der Waals surface area (Å²) in [6.07, 6.45) is 0.348. The van der Waals surface area contributed by atoms with E-state index in [0.717, 1.165) is 4.31 Å². The molecule has 2 heterocycles. The van der Waals surface area contributed by atoms with Crippen LogP contribution in [-0.4, -0.2) is 81.7 Å². The molecule has 1 N–H and O–H groups in total. The molecular formula is C25H27N3O7S. The summed E-state index contributed by atoms with van der Waals surface area (Å²) in [4.78, 5) is 43.0. The van der Waals surface area contributed by atoms with Crippen molar-refractivity contribution >= 4 is 39.1 Å². The van der Waals surface area contributed by atoms with Crippen LogP contribution in [0.1, 0.15) is 17.5 Å². The van der Waals surface area contributed by atoms with Crippen molar-refractivity contribution in [3.05, 3.63) is 65.2 Å². The number of methoxy groups -OCH3 is 1. The Morgan fingerprint density at radius 3 is 2.44 bits per heavy atom. The van der Waals surface area contributed by atoms with Crippen LogP contribution in [0.2, 0.25) is 0 Å². The molecular weight excluding hydrogens is 486 g/mol. The second-order valence-electron chi connectivity index (χ2n) is 8.76. The summed E-state index contributed by atoms with van der Waals surface area (Å²) < 4.78 is 31.5. The third-order valence-corrected chi connectivity index (χ3v) is 8.37. The number of nitrogens with zero attached hydrogens (tertiary/aromatic N) is 3. The number of aliphatic hydroxyl groups is 1. The first-order valence-electron chi connectivity index (χ1n) is 11.2. The molecule has 1 atom stereocenters. The fourth-order valence-corrected chi connectivity index (χ4v) is 5.75. The number of amides is 2. The normalized spacial score (nSPS) is 21.2. The Morgan fingerprint density at radius 2 is 1.78 bits per heavy atom. The molecule has 2 aromatic carbocycles. The number of carbonyl (C=O) groups excluding carboxylic acids is 3. The molecule has 190 valence electrons. The van der Waals surface area contributed by atoms with Crippen LogP contribution >= 0.6 is 0 Å². The molecule has 1 saturated heterocycles. The SMILES string of the molecule is COCCCN1C(=O)C(=O)/C(=C(/O)c2cccc(S(=O)(=O)N(C)C)c2)C12C(=O)N(C)c1ccccc12. The van der Waals surface area contributed by atoms with Crippen molar-refractivity contribution in [3.8, 4) is 0 Å². The van der Waals surface area contributed by atoms with Crippen molar-refractivity contribution in [3.63, 3.8) is 0 Å². The first kappa shape index (κ1) is 25.5. The van der Waals surface area contributed by atoms with Gasteiger partial charge >= 0.3 is 0 Å². The molecule has 2 aliphatic rings. The third kappa shape index (κ3) is 3.54. The molecule has 2 aromatic rings. The topological polar surface area (TPSA) is 125 Å². The molecule has 0 radical (unpaired) electrons. The van der Waals surface area contributed by atoms with E-state index in [0.29, 0.717) is 17.7 Å². The second kappa shape index (κ2) is 9.16. The van der Waals surface area contributed by atoms with Crippen LogP contribution < -0.4 is 4.90 Å². The standard InChI is InChI=1S/C25H27N3O7S/c1-26(2)36(33,34)17-10-7-9-16(15-17)21(29)20-22(30)23(31)28(13-8-14-35-4)25(20)18-11-5-6-12-19(18)27(3)24(25)32/h5-7,9-12,15,29H,8,13-14H2,1-4H3/b21-20-. The highest BCUT2D eigenvalue weighted by molar-refractivity contribution is 7.89. The summed E-state index contributed by atoms with van der Waals surface area (Å²) in [5.41, 5.74) is -1.42. The Kier molecular flexibility index (Phi) is 6.50. The summed E-state index contributed by atoms with van der Waals surface area (Å²) in [6.45, 7) is 0.313. The van der Waals surface area contributed by atoms with Crippen LogP contribution in [0.25, 0.3) is 5.76 Å². The molecule has 2 aliphatic heterocycles. The number of ether oxygens (including phenoxy) is 1. The lowest BCUT2D eigenvalue weighted by atomic mass is 9.82. The Bertz CT molecular complexity index is 1400. The van der Waals surface area contributed by atoms with Gasteiger partial charge in [-0.1, -0.05) is 30.3 Å². The maximum atomic E-state index is 13.9. The van der Waals surface area contributed by atoms with E-state index < -0.39 is 44.5 Å². The van der Waals surface area contributed by atoms with E-state index in [1.165, 1.54) is 62.3 Å². The second-order valence-corrected chi connectivity index (χ2v) is 10.9. The van der Waals surface area contributed by atoms with Gasteiger partial charge in [-0.2, -0.15) is 0 Å². The predicted octanol–water partition coefficient (Wildman–Crippen LogP) is 1.53. The Morgan fingerprint density at radius 1 is 1.08 bits per heavy atom. The van der Waals surface area contributed by atoms with Crippen LogP contribution in [0.4, 0.5) is 5.69 Å². The van der Waals surface area contributed by atoms with Gasteiger partial charge in [0.15, 0.2) is 5.54 Å². The number of ketones is 1. The number of aliphatic hydroxyl groups excluding tert-OH is 1. The number of rotatable bonds is 7. The first-order chi connectivity index (χ1) is 17.0. The average molecular weight is 514 g/mol. The number of likely N-dealkylation sites (N-methyl/N-ethyl adjacent to an activating group) is 1. The minimum absolute atomic E-state index is 0.00738. The fraction of sp³-hybridized carbons (Fsp3) is 0.320. The predicted molar refractivity (Wildman–Crippen MR) is 132 cm³/mol. The first-order valence-corrected chi connectivity index (χ1v) is 12.6. The van der Waals surface area contributed by atoms with Crippen molar-refractivity contribution in [2.75, 3.05) is 46.3 Å². The van der Waals surface area contributed by atoms with Crippen LogP contribution in [-0.2, 0) is 34.7 Å². The molecule has 11 heteroatoms.